The van der Waals surface area contributed by atoms with E-state index in [1.165, 1.54) is 0 Å². The third-order valence-electron chi connectivity index (χ3n) is 7.65. The number of rotatable bonds is 8. The zero-order valence-electron chi connectivity index (χ0n) is 24.1. The molecular formula is C39H34N2O2. The van der Waals surface area contributed by atoms with Gasteiger partial charge >= 0.3 is 0 Å². The predicted molar refractivity (Wildman–Crippen MR) is 179 cm³/mol. The molecule has 6 rings (SSSR count). The topological polar surface area (TPSA) is 81.5 Å². The minimum Gasteiger partial charge on any atom is -0.464 e. The summed E-state index contributed by atoms with van der Waals surface area (Å²) in [5, 5.41) is 11.0. The van der Waals surface area contributed by atoms with E-state index in [9.17, 15) is 5.11 Å². The first kappa shape index (κ1) is 27.8. The van der Waals surface area contributed by atoms with Crippen LogP contribution < -0.4 is 16.2 Å². The molecule has 4 nitrogen and oxygen atoms in total. The summed E-state index contributed by atoms with van der Waals surface area (Å²) in [6, 6.07) is 46.9. The average Bonchev–Trinajstić information content (AvgIpc) is 3.06. The Bertz CT molecular complexity index is 1840. The molecule has 212 valence electrons. The highest BCUT2D eigenvalue weighted by Crippen LogP contribution is 2.52. The van der Waals surface area contributed by atoms with E-state index < -0.39 is 6.29 Å². The molecule has 6 aromatic rings. The average molecular weight is 563 g/mol. The minimum atomic E-state index is -1.01. The normalized spacial score (nSPS) is 11.7. The first-order chi connectivity index (χ1) is 21.0. The Balaban J connectivity index is 1.79. The fraction of sp³-hybridized carbons (Fsp3) is 0.0769. The molecular weight excluding hydrogens is 528 g/mol. The van der Waals surface area contributed by atoms with Crippen molar-refractivity contribution in [2.75, 3.05) is 11.5 Å². The first-order valence-electron chi connectivity index (χ1n) is 14.5. The molecule has 0 aliphatic heterocycles. The van der Waals surface area contributed by atoms with Gasteiger partial charge in [-0.05, 0) is 69.3 Å². The van der Waals surface area contributed by atoms with Gasteiger partial charge in [-0.2, -0.15) is 0 Å². The van der Waals surface area contributed by atoms with Crippen LogP contribution in [0.15, 0.2) is 140 Å². The molecule has 6 aromatic carbocycles. The van der Waals surface area contributed by atoms with Crippen LogP contribution in [-0.4, -0.2) is 11.4 Å². The van der Waals surface area contributed by atoms with Crippen molar-refractivity contribution < 1.29 is 9.84 Å². The van der Waals surface area contributed by atoms with Crippen molar-refractivity contribution in [3.05, 3.63) is 140 Å². The first-order valence-corrected chi connectivity index (χ1v) is 14.5. The highest BCUT2D eigenvalue weighted by Gasteiger charge is 2.26. The van der Waals surface area contributed by atoms with Crippen LogP contribution >= 0.6 is 0 Å². The lowest BCUT2D eigenvalue weighted by atomic mass is 9.82. The van der Waals surface area contributed by atoms with Crippen LogP contribution in [0.2, 0.25) is 0 Å². The number of hydrogen-bond acceptors (Lipinski definition) is 4. The van der Waals surface area contributed by atoms with Gasteiger partial charge in [-0.1, -0.05) is 116 Å². The maximum atomic E-state index is 11.0. The quantitative estimate of drug-likeness (QED) is 0.128. The Kier molecular flexibility index (Phi) is 7.94. The van der Waals surface area contributed by atoms with E-state index in [2.05, 4.69) is 54.6 Å². The summed E-state index contributed by atoms with van der Waals surface area (Å²) in [5.41, 5.74) is 23.6. The molecule has 0 fully saturated rings. The van der Waals surface area contributed by atoms with Crippen molar-refractivity contribution in [1.82, 2.24) is 0 Å². The number of benzene rings is 6. The van der Waals surface area contributed by atoms with Gasteiger partial charge in [0.05, 0.1) is 0 Å². The molecule has 0 spiro atoms. The lowest BCUT2D eigenvalue weighted by Gasteiger charge is -2.26. The highest BCUT2D eigenvalue weighted by molar-refractivity contribution is 6.03. The second-order valence-corrected chi connectivity index (χ2v) is 10.6. The van der Waals surface area contributed by atoms with Crippen LogP contribution in [0.25, 0.3) is 55.6 Å². The molecule has 43 heavy (non-hydrogen) atoms. The van der Waals surface area contributed by atoms with Gasteiger partial charge in [0.25, 0.3) is 0 Å². The molecule has 4 heteroatoms. The maximum Gasteiger partial charge on any atom is 0.197 e. The van der Waals surface area contributed by atoms with Gasteiger partial charge in [-0.25, -0.2) is 0 Å². The molecule has 0 bridgehead atoms. The third-order valence-corrected chi connectivity index (χ3v) is 7.65. The van der Waals surface area contributed by atoms with Crippen molar-refractivity contribution in [1.29, 1.82) is 0 Å². The smallest absolute Gasteiger partial charge is 0.197 e. The zero-order valence-corrected chi connectivity index (χ0v) is 24.1. The maximum absolute atomic E-state index is 11.0. The van der Waals surface area contributed by atoms with E-state index in [4.69, 9.17) is 16.2 Å². The molecule has 0 radical (unpaired) electrons. The predicted octanol–water partition coefficient (Wildman–Crippen LogP) is 9.29. The molecule has 0 aliphatic rings. The van der Waals surface area contributed by atoms with E-state index in [-0.39, 0.29) is 0 Å². The largest absolute Gasteiger partial charge is 0.464 e. The second kappa shape index (κ2) is 12.3. The van der Waals surface area contributed by atoms with Gasteiger partial charge in [0, 0.05) is 34.5 Å². The Hall–Kier alpha value is -5.32. The SMILES string of the molecule is CCC(O)Oc1c(-c2cc(N)ccc2-c2ccc(N)cc2)cc(-c2ccccc2)c(-c2ccccc2)c1-c1ccccc1. The summed E-state index contributed by atoms with van der Waals surface area (Å²) in [4.78, 5) is 0. The molecule has 1 atom stereocenters. The van der Waals surface area contributed by atoms with Crippen molar-refractivity contribution in [3.63, 3.8) is 0 Å². The minimum absolute atomic E-state index is 0.427. The summed E-state index contributed by atoms with van der Waals surface area (Å²) in [6.45, 7) is 1.91. The van der Waals surface area contributed by atoms with Crippen LogP contribution in [0, 0.1) is 0 Å². The van der Waals surface area contributed by atoms with Crippen LogP contribution in [-0.2, 0) is 0 Å². The van der Waals surface area contributed by atoms with Crippen LogP contribution in [0.4, 0.5) is 11.4 Å². The monoisotopic (exact) mass is 562 g/mol. The number of nitrogens with two attached hydrogens (primary N) is 2. The van der Waals surface area contributed by atoms with Crippen LogP contribution in [0.5, 0.6) is 5.75 Å². The van der Waals surface area contributed by atoms with Gasteiger partial charge < -0.3 is 21.3 Å². The fourth-order valence-electron chi connectivity index (χ4n) is 5.54. The number of aliphatic hydroxyl groups is 1. The Morgan fingerprint density at radius 2 is 1.02 bits per heavy atom. The van der Waals surface area contributed by atoms with Crippen LogP contribution in [0.1, 0.15) is 13.3 Å². The van der Waals surface area contributed by atoms with E-state index in [0.717, 1.165) is 55.6 Å². The Morgan fingerprint density at radius 3 is 1.60 bits per heavy atom. The van der Waals surface area contributed by atoms with Crippen molar-refractivity contribution >= 4 is 11.4 Å². The third kappa shape index (κ3) is 5.74. The molecule has 1 unspecified atom stereocenters. The summed E-state index contributed by atoms with van der Waals surface area (Å²) < 4.78 is 6.53. The van der Waals surface area contributed by atoms with E-state index >= 15 is 0 Å². The number of hydrogen-bond donors (Lipinski definition) is 3. The van der Waals surface area contributed by atoms with Crippen molar-refractivity contribution in [2.24, 2.45) is 0 Å². The molecule has 0 amide bonds. The second-order valence-electron chi connectivity index (χ2n) is 10.6. The molecule has 0 heterocycles. The summed E-state index contributed by atoms with van der Waals surface area (Å²) in [6.07, 6.45) is -0.579. The molecule has 0 saturated heterocycles. The van der Waals surface area contributed by atoms with Crippen molar-refractivity contribution in [3.8, 4) is 61.4 Å². The number of ether oxygens (including phenoxy) is 1. The number of nitrogen functional groups attached to an aromatic ring is 2. The van der Waals surface area contributed by atoms with Crippen molar-refractivity contribution in [2.45, 2.75) is 19.6 Å². The standard InChI is InChI=1S/C39H34N2O2/c1-2-36(42)43-39-35(34-24-31(41)22-23-32(34)27-18-20-30(40)21-19-27)25-33(26-12-6-3-7-13-26)37(28-14-8-4-9-15-28)38(39)29-16-10-5-11-17-29/h3-25,36,42H,2,40-41H2,1H3. The van der Waals surface area contributed by atoms with Gasteiger partial charge in [-0.15, -0.1) is 0 Å². The van der Waals surface area contributed by atoms with E-state index in [1.54, 1.807) is 0 Å². The molecule has 0 aliphatic carbocycles. The van der Waals surface area contributed by atoms with Gasteiger partial charge in [-0.3, -0.25) is 0 Å². The Morgan fingerprint density at radius 1 is 0.512 bits per heavy atom. The summed E-state index contributed by atoms with van der Waals surface area (Å²) >= 11 is 0. The zero-order chi connectivity index (χ0) is 29.8. The molecule has 0 aromatic heterocycles. The summed E-state index contributed by atoms with van der Waals surface area (Å²) in [5.74, 6) is 0.598. The van der Waals surface area contributed by atoms with Gasteiger partial charge in [0.15, 0.2) is 6.29 Å². The highest BCUT2D eigenvalue weighted by atomic mass is 16.6. The fourth-order valence-corrected chi connectivity index (χ4v) is 5.54. The van der Waals surface area contributed by atoms with Crippen LogP contribution in [0.3, 0.4) is 0 Å². The molecule has 0 saturated carbocycles. The number of anilines is 2. The molecule has 5 N–H and O–H groups in total. The Labute approximate surface area is 252 Å². The lowest BCUT2D eigenvalue weighted by molar-refractivity contribution is -0.0182. The van der Waals surface area contributed by atoms with E-state index in [1.807, 2.05) is 91.9 Å². The lowest BCUT2D eigenvalue weighted by Crippen LogP contribution is -2.15. The van der Waals surface area contributed by atoms with Gasteiger partial charge in [0.2, 0.25) is 0 Å². The van der Waals surface area contributed by atoms with Gasteiger partial charge in [0.1, 0.15) is 5.75 Å². The number of aliphatic hydroxyl groups excluding tert-OH is 1. The van der Waals surface area contributed by atoms with E-state index in [0.29, 0.717) is 23.5 Å². The summed E-state index contributed by atoms with van der Waals surface area (Å²) in [7, 11) is 0.